The van der Waals surface area contributed by atoms with E-state index < -0.39 is 35.3 Å². The van der Waals surface area contributed by atoms with Crippen molar-refractivity contribution >= 4 is 6.09 Å². The third-order valence-electron chi connectivity index (χ3n) is 6.93. The van der Waals surface area contributed by atoms with Gasteiger partial charge in [-0.05, 0) is 49.1 Å². The van der Waals surface area contributed by atoms with E-state index in [-0.39, 0.29) is 12.5 Å². The standard InChI is InChI=1S/C30H34F2N2O4/c1-21(22-10-12-23(13-11-22)24-14-16-33(26(35)18-24)20-29(4,31)32)34-17-15-30(38-27(34)36,19-28(2,3)37)25-8-6-5-7-9-25/h5-14,16,18,21,37H,15,17,19-20H2,1-4H3/t21-,30-/m0/s1. The van der Waals surface area contributed by atoms with Crippen molar-refractivity contribution in [1.29, 1.82) is 0 Å². The second kappa shape index (κ2) is 10.3. The van der Waals surface area contributed by atoms with Gasteiger partial charge in [-0.1, -0.05) is 54.6 Å². The Morgan fingerprint density at radius 1 is 1.00 bits per heavy atom. The third-order valence-corrected chi connectivity index (χ3v) is 6.93. The minimum Gasteiger partial charge on any atom is -0.438 e. The van der Waals surface area contributed by atoms with Crippen molar-refractivity contribution in [3.63, 3.8) is 0 Å². The number of carbonyl (C=O) groups is 1. The van der Waals surface area contributed by atoms with Gasteiger partial charge in [0.15, 0.2) is 0 Å². The summed E-state index contributed by atoms with van der Waals surface area (Å²) < 4.78 is 33.7. The third kappa shape index (κ3) is 6.30. The monoisotopic (exact) mass is 524 g/mol. The second-order valence-corrected chi connectivity index (χ2v) is 10.9. The molecule has 0 bridgehead atoms. The highest BCUT2D eigenvalue weighted by Gasteiger charge is 2.46. The number of hydrogen-bond acceptors (Lipinski definition) is 4. The summed E-state index contributed by atoms with van der Waals surface area (Å²) in [6.45, 7) is 5.91. The molecular formula is C30H34F2N2O4. The zero-order valence-electron chi connectivity index (χ0n) is 22.2. The van der Waals surface area contributed by atoms with E-state index >= 15 is 0 Å². The Labute approximate surface area is 221 Å². The Hall–Kier alpha value is -3.52. The Morgan fingerprint density at radius 3 is 2.21 bits per heavy atom. The van der Waals surface area contributed by atoms with Crippen LogP contribution in [0.3, 0.4) is 0 Å². The zero-order chi connectivity index (χ0) is 27.7. The molecule has 1 aliphatic heterocycles. The van der Waals surface area contributed by atoms with Gasteiger partial charge in [0.05, 0.1) is 18.2 Å². The van der Waals surface area contributed by atoms with Gasteiger partial charge in [-0.25, -0.2) is 13.6 Å². The topological polar surface area (TPSA) is 71.8 Å². The van der Waals surface area contributed by atoms with Crippen LogP contribution < -0.4 is 5.56 Å². The van der Waals surface area contributed by atoms with Gasteiger partial charge in [-0.2, -0.15) is 0 Å². The molecule has 1 fully saturated rings. The number of nitrogens with zero attached hydrogens (tertiary/aromatic N) is 2. The first-order valence-corrected chi connectivity index (χ1v) is 12.7. The molecule has 202 valence electrons. The average molecular weight is 525 g/mol. The normalized spacial score (nSPS) is 19.2. The maximum Gasteiger partial charge on any atom is 0.411 e. The first-order valence-electron chi connectivity index (χ1n) is 12.7. The van der Waals surface area contributed by atoms with Crippen LogP contribution in [0.1, 0.15) is 57.7 Å². The fraction of sp³-hybridized carbons (Fsp3) is 0.400. The number of aromatic nitrogens is 1. The lowest BCUT2D eigenvalue weighted by Crippen LogP contribution is -2.51. The molecule has 6 nitrogen and oxygen atoms in total. The number of carbonyl (C=O) groups excluding carboxylic acids is 1. The smallest absolute Gasteiger partial charge is 0.411 e. The summed E-state index contributed by atoms with van der Waals surface area (Å²) in [7, 11) is 0. The van der Waals surface area contributed by atoms with Crippen LogP contribution in [0.5, 0.6) is 0 Å². The summed E-state index contributed by atoms with van der Waals surface area (Å²) >= 11 is 0. The van der Waals surface area contributed by atoms with Crippen molar-refractivity contribution in [1.82, 2.24) is 9.47 Å². The summed E-state index contributed by atoms with van der Waals surface area (Å²) in [5, 5.41) is 10.6. The van der Waals surface area contributed by atoms with Gasteiger partial charge in [-0.3, -0.25) is 4.79 Å². The highest BCUT2D eigenvalue weighted by atomic mass is 19.3. The number of cyclic esters (lactones) is 1. The van der Waals surface area contributed by atoms with E-state index in [2.05, 4.69) is 0 Å². The molecule has 0 aliphatic carbocycles. The number of amides is 1. The minimum atomic E-state index is -2.98. The van der Waals surface area contributed by atoms with Crippen molar-refractivity contribution in [3.8, 4) is 11.1 Å². The Morgan fingerprint density at radius 2 is 1.66 bits per heavy atom. The molecule has 2 heterocycles. The fourth-order valence-electron chi connectivity index (χ4n) is 5.14. The first-order chi connectivity index (χ1) is 17.8. The van der Waals surface area contributed by atoms with Gasteiger partial charge in [0.2, 0.25) is 0 Å². The molecule has 1 N–H and O–H groups in total. The van der Waals surface area contributed by atoms with Crippen LogP contribution in [0.15, 0.2) is 77.7 Å². The maximum absolute atomic E-state index is 13.3. The molecular weight excluding hydrogens is 490 g/mol. The average Bonchev–Trinajstić information content (AvgIpc) is 2.84. The number of aliphatic hydroxyl groups is 1. The fourth-order valence-corrected chi connectivity index (χ4v) is 5.14. The van der Waals surface area contributed by atoms with Crippen LogP contribution in [-0.2, 0) is 16.9 Å². The van der Waals surface area contributed by atoms with E-state index in [9.17, 15) is 23.5 Å². The number of rotatable bonds is 8. The summed E-state index contributed by atoms with van der Waals surface area (Å²) in [4.78, 5) is 27.3. The molecule has 2 aromatic carbocycles. The first kappa shape index (κ1) is 27.5. The number of pyridine rings is 1. The molecule has 38 heavy (non-hydrogen) atoms. The van der Waals surface area contributed by atoms with Crippen molar-refractivity contribution < 1.29 is 23.4 Å². The molecule has 2 atom stereocenters. The maximum atomic E-state index is 13.3. The molecule has 0 unspecified atom stereocenters. The second-order valence-electron chi connectivity index (χ2n) is 10.9. The van der Waals surface area contributed by atoms with E-state index in [1.807, 2.05) is 61.5 Å². The molecule has 1 aliphatic rings. The molecule has 3 aromatic rings. The van der Waals surface area contributed by atoms with Gasteiger partial charge in [0.25, 0.3) is 11.5 Å². The summed E-state index contributed by atoms with van der Waals surface area (Å²) in [5.41, 5.74) is 0.696. The van der Waals surface area contributed by atoms with Crippen molar-refractivity contribution in [3.05, 3.63) is 94.4 Å². The van der Waals surface area contributed by atoms with E-state index in [4.69, 9.17) is 4.74 Å². The quantitative estimate of drug-likeness (QED) is 0.385. The van der Waals surface area contributed by atoms with Crippen molar-refractivity contribution in [2.45, 2.75) is 70.2 Å². The van der Waals surface area contributed by atoms with Crippen LogP contribution in [0.4, 0.5) is 13.6 Å². The lowest BCUT2D eigenvalue weighted by Gasteiger charge is -2.45. The Balaban J connectivity index is 1.50. The van der Waals surface area contributed by atoms with E-state index in [1.54, 1.807) is 24.8 Å². The van der Waals surface area contributed by atoms with Gasteiger partial charge in [0, 0.05) is 38.6 Å². The van der Waals surface area contributed by atoms with E-state index in [0.717, 1.165) is 28.2 Å². The van der Waals surface area contributed by atoms with Crippen LogP contribution in [0.2, 0.25) is 0 Å². The van der Waals surface area contributed by atoms with E-state index in [1.165, 1.54) is 12.3 Å². The highest BCUT2D eigenvalue weighted by Crippen LogP contribution is 2.42. The molecule has 0 spiro atoms. The van der Waals surface area contributed by atoms with Gasteiger partial charge < -0.3 is 19.3 Å². The van der Waals surface area contributed by atoms with Gasteiger partial charge in [0.1, 0.15) is 5.60 Å². The van der Waals surface area contributed by atoms with Gasteiger partial charge in [-0.15, -0.1) is 0 Å². The molecule has 0 radical (unpaired) electrons. The number of benzene rings is 2. The van der Waals surface area contributed by atoms with Crippen LogP contribution in [0.25, 0.3) is 11.1 Å². The molecule has 0 saturated carbocycles. The highest BCUT2D eigenvalue weighted by molar-refractivity contribution is 5.70. The van der Waals surface area contributed by atoms with Crippen molar-refractivity contribution in [2.75, 3.05) is 6.54 Å². The number of ether oxygens (including phenoxy) is 1. The minimum absolute atomic E-state index is 0.271. The zero-order valence-corrected chi connectivity index (χ0v) is 22.2. The Bertz CT molecular complexity index is 1330. The number of alkyl halides is 2. The SMILES string of the molecule is C[C@@H](c1ccc(-c2ccn(CC(C)(F)F)c(=O)c2)cc1)N1CC[C@](CC(C)(C)O)(c2ccccc2)OC1=O. The lowest BCUT2D eigenvalue weighted by molar-refractivity contribution is -0.101. The summed E-state index contributed by atoms with van der Waals surface area (Å²) in [6.07, 6.45) is 1.74. The van der Waals surface area contributed by atoms with Crippen molar-refractivity contribution in [2.24, 2.45) is 0 Å². The predicted octanol–water partition coefficient (Wildman–Crippen LogP) is 6.13. The molecule has 1 amide bonds. The summed E-state index contributed by atoms with van der Waals surface area (Å²) in [6, 6.07) is 19.7. The molecule has 4 rings (SSSR count). The lowest BCUT2D eigenvalue weighted by atomic mass is 9.80. The van der Waals surface area contributed by atoms with E-state index in [0.29, 0.717) is 18.5 Å². The van der Waals surface area contributed by atoms with Crippen LogP contribution in [-0.4, -0.2) is 38.7 Å². The predicted molar refractivity (Wildman–Crippen MR) is 142 cm³/mol. The molecule has 1 aromatic heterocycles. The summed E-state index contributed by atoms with van der Waals surface area (Å²) in [5.74, 6) is -2.98. The van der Waals surface area contributed by atoms with Crippen LogP contribution in [0, 0.1) is 0 Å². The van der Waals surface area contributed by atoms with Gasteiger partial charge >= 0.3 is 6.09 Å². The molecule has 8 heteroatoms. The number of hydrogen-bond donors (Lipinski definition) is 1. The largest absolute Gasteiger partial charge is 0.438 e. The Kier molecular flexibility index (Phi) is 7.48. The molecule has 1 saturated heterocycles. The number of halogens is 2. The van der Waals surface area contributed by atoms with Crippen LogP contribution >= 0.6 is 0 Å².